The van der Waals surface area contributed by atoms with E-state index in [0.29, 0.717) is 37.4 Å². The standard InChI is InChI=1S/C38H49N3O5S/c1-7-14-26(5)39(23-8-2)36(45)33-38-22-21-37(6,47-38)31(32(38)35(44)41(33)30(25-42)27-15-12-11-13-16-27)34(43)40(24-9-3)28-17-19-29(20-18-28)46-10-4/h8-9,11-13,15-20,26,30-33,42H,2-3,7,10,14,21-25H2,1,4-6H3/t26?,30-,31-,32+,33?,37+,38?/m1/s1. The Morgan fingerprint density at radius 2 is 1.74 bits per heavy atom. The van der Waals surface area contributed by atoms with Gasteiger partial charge in [-0.05, 0) is 69.9 Å². The highest BCUT2D eigenvalue weighted by Crippen LogP contribution is 2.72. The predicted octanol–water partition coefficient (Wildman–Crippen LogP) is 6.02. The lowest BCUT2D eigenvalue weighted by molar-refractivity contribution is -0.147. The van der Waals surface area contributed by atoms with Crippen LogP contribution in [0.15, 0.2) is 79.9 Å². The van der Waals surface area contributed by atoms with Crippen molar-refractivity contribution >= 4 is 35.2 Å². The van der Waals surface area contributed by atoms with Crippen LogP contribution in [0, 0.1) is 11.8 Å². The lowest BCUT2D eigenvalue weighted by Crippen LogP contribution is -2.57. The van der Waals surface area contributed by atoms with Crippen molar-refractivity contribution < 1.29 is 24.2 Å². The van der Waals surface area contributed by atoms with E-state index >= 15 is 4.79 Å². The number of ether oxygens (including phenoxy) is 1. The van der Waals surface area contributed by atoms with E-state index in [1.807, 2.05) is 73.3 Å². The van der Waals surface area contributed by atoms with Crippen LogP contribution in [0.3, 0.4) is 0 Å². The molecule has 1 N–H and O–H groups in total. The Labute approximate surface area is 283 Å². The zero-order valence-electron chi connectivity index (χ0n) is 28.1. The first-order chi connectivity index (χ1) is 22.6. The van der Waals surface area contributed by atoms with Gasteiger partial charge in [0.1, 0.15) is 11.8 Å². The van der Waals surface area contributed by atoms with E-state index in [1.54, 1.807) is 33.7 Å². The van der Waals surface area contributed by atoms with Gasteiger partial charge in [0.2, 0.25) is 17.7 Å². The van der Waals surface area contributed by atoms with E-state index < -0.39 is 33.4 Å². The van der Waals surface area contributed by atoms with Crippen LogP contribution in [0.1, 0.15) is 65.0 Å². The number of carbonyl (C=O) groups is 3. The number of amides is 3. The minimum absolute atomic E-state index is 0.0680. The molecule has 2 bridgehead atoms. The van der Waals surface area contributed by atoms with Crippen molar-refractivity contribution in [1.82, 2.24) is 9.80 Å². The van der Waals surface area contributed by atoms with Gasteiger partial charge in [0, 0.05) is 29.6 Å². The first-order valence-corrected chi connectivity index (χ1v) is 17.7. The van der Waals surface area contributed by atoms with Gasteiger partial charge in [0.25, 0.3) is 0 Å². The number of rotatable bonds is 15. The molecule has 0 aromatic heterocycles. The number of fused-ring (bicyclic) bond motifs is 1. The van der Waals surface area contributed by atoms with Crippen molar-refractivity contribution in [1.29, 1.82) is 0 Å². The number of nitrogens with zero attached hydrogens (tertiary/aromatic N) is 3. The van der Waals surface area contributed by atoms with E-state index in [1.165, 1.54) is 0 Å². The summed E-state index contributed by atoms with van der Waals surface area (Å²) in [4.78, 5) is 50.0. The molecule has 0 radical (unpaired) electrons. The SMILES string of the molecule is C=CCN(C(=O)[C@H]1[C@H]2C(=O)N([C@H](CO)c3ccccc3)C(C(=O)N(CC=C)C(C)CCC)C23CC[C@]1(C)S3)c1ccc(OCC)cc1. The molecular formula is C38H49N3O5S. The van der Waals surface area contributed by atoms with Crippen molar-refractivity contribution in [3.63, 3.8) is 0 Å². The molecule has 9 heteroatoms. The van der Waals surface area contributed by atoms with Crippen molar-refractivity contribution in [2.24, 2.45) is 11.8 Å². The topological polar surface area (TPSA) is 90.4 Å². The molecule has 3 aliphatic heterocycles. The molecule has 0 aliphatic carbocycles. The highest BCUT2D eigenvalue weighted by molar-refractivity contribution is 8.02. The summed E-state index contributed by atoms with van der Waals surface area (Å²) in [5.41, 5.74) is 1.45. The molecule has 7 atom stereocenters. The minimum Gasteiger partial charge on any atom is -0.494 e. The van der Waals surface area contributed by atoms with Gasteiger partial charge < -0.3 is 24.5 Å². The highest BCUT2D eigenvalue weighted by Gasteiger charge is 2.78. The Morgan fingerprint density at radius 1 is 1.06 bits per heavy atom. The summed E-state index contributed by atoms with van der Waals surface area (Å²) in [7, 11) is 0. The number of thioether (sulfide) groups is 1. The highest BCUT2D eigenvalue weighted by atomic mass is 32.2. The Kier molecular flexibility index (Phi) is 10.6. The molecule has 3 aliphatic rings. The molecule has 252 valence electrons. The molecule has 3 heterocycles. The van der Waals surface area contributed by atoms with Crippen molar-refractivity contribution in [3.05, 3.63) is 85.5 Å². The van der Waals surface area contributed by atoms with E-state index in [0.717, 1.165) is 18.4 Å². The number of carbonyl (C=O) groups excluding carboxylic acids is 3. The lowest BCUT2D eigenvalue weighted by atomic mass is 9.66. The number of aliphatic hydroxyl groups excluding tert-OH is 1. The third-order valence-corrected chi connectivity index (χ3v) is 12.3. The van der Waals surface area contributed by atoms with Crippen molar-refractivity contribution in [2.75, 3.05) is 31.2 Å². The molecule has 8 nitrogen and oxygen atoms in total. The summed E-state index contributed by atoms with van der Waals surface area (Å²) in [6.07, 6.45) is 6.47. The molecule has 2 aromatic carbocycles. The van der Waals surface area contributed by atoms with Gasteiger partial charge in [-0.25, -0.2) is 0 Å². The molecule has 3 unspecified atom stereocenters. The zero-order chi connectivity index (χ0) is 33.9. The van der Waals surface area contributed by atoms with Crippen molar-refractivity contribution in [3.8, 4) is 5.75 Å². The number of benzene rings is 2. The van der Waals surface area contributed by atoms with E-state index in [4.69, 9.17) is 4.74 Å². The van der Waals surface area contributed by atoms with Gasteiger partial charge in [-0.1, -0.05) is 55.8 Å². The molecular weight excluding hydrogens is 611 g/mol. The van der Waals surface area contributed by atoms with Crippen LogP contribution in [0.25, 0.3) is 0 Å². The smallest absolute Gasteiger partial charge is 0.247 e. The van der Waals surface area contributed by atoms with E-state index in [2.05, 4.69) is 27.0 Å². The summed E-state index contributed by atoms with van der Waals surface area (Å²) >= 11 is 1.64. The van der Waals surface area contributed by atoms with Crippen LogP contribution in [0.5, 0.6) is 5.75 Å². The summed E-state index contributed by atoms with van der Waals surface area (Å²) in [6, 6.07) is 15.2. The van der Waals surface area contributed by atoms with Gasteiger partial charge in [0.15, 0.2) is 0 Å². The Morgan fingerprint density at radius 3 is 2.34 bits per heavy atom. The summed E-state index contributed by atoms with van der Waals surface area (Å²) in [5.74, 6) is -1.23. The molecule has 47 heavy (non-hydrogen) atoms. The van der Waals surface area contributed by atoms with E-state index in [-0.39, 0.29) is 36.9 Å². The Bertz CT molecular complexity index is 1470. The summed E-state index contributed by atoms with van der Waals surface area (Å²) < 4.78 is 4.26. The lowest BCUT2D eigenvalue weighted by Gasteiger charge is -2.41. The molecule has 3 saturated heterocycles. The second-order valence-corrected chi connectivity index (χ2v) is 15.1. The maximum atomic E-state index is 15.0. The van der Waals surface area contributed by atoms with Crippen LogP contribution < -0.4 is 9.64 Å². The molecule has 0 saturated carbocycles. The van der Waals surface area contributed by atoms with Crippen LogP contribution in [-0.2, 0) is 14.4 Å². The van der Waals surface area contributed by atoms with E-state index in [9.17, 15) is 14.7 Å². The molecule has 2 aromatic rings. The normalized spacial score (nSPS) is 27.2. The molecule has 3 amide bonds. The third-order valence-electron chi connectivity index (χ3n) is 10.3. The first kappa shape index (κ1) is 34.8. The number of hydrogen-bond acceptors (Lipinski definition) is 6. The maximum Gasteiger partial charge on any atom is 0.247 e. The Balaban J connectivity index is 1.63. The van der Waals surface area contributed by atoms with Crippen LogP contribution in [-0.4, -0.2) is 80.5 Å². The average molecular weight is 660 g/mol. The quantitative estimate of drug-likeness (QED) is 0.235. The monoisotopic (exact) mass is 659 g/mol. The number of anilines is 1. The maximum absolute atomic E-state index is 15.0. The van der Waals surface area contributed by atoms with Gasteiger partial charge in [-0.15, -0.1) is 24.9 Å². The average Bonchev–Trinajstić information content (AvgIpc) is 3.64. The molecule has 1 spiro atoms. The molecule has 5 rings (SSSR count). The fraction of sp³-hybridized carbons (Fsp3) is 0.500. The zero-order valence-corrected chi connectivity index (χ0v) is 29.0. The number of hydrogen-bond donors (Lipinski definition) is 1. The van der Waals surface area contributed by atoms with Gasteiger partial charge in [0.05, 0.1) is 35.8 Å². The predicted molar refractivity (Wildman–Crippen MR) is 188 cm³/mol. The minimum atomic E-state index is -0.848. The summed E-state index contributed by atoms with van der Waals surface area (Å²) in [6.45, 7) is 16.8. The van der Waals surface area contributed by atoms with Crippen molar-refractivity contribution in [2.45, 2.75) is 81.0 Å². The summed E-state index contributed by atoms with van der Waals surface area (Å²) in [5, 5.41) is 10.9. The first-order valence-electron chi connectivity index (χ1n) is 16.9. The number of likely N-dealkylation sites (tertiary alicyclic amines) is 1. The fourth-order valence-corrected chi connectivity index (χ4v) is 10.6. The van der Waals surface area contributed by atoms with Gasteiger partial charge in [-0.2, -0.15) is 0 Å². The third kappa shape index (κ3) is 6.01. The largest absolute Gasteiger partial charge is 0.494 e. The van der Waals surface area contributed by atoms with Gasteiger partial charge >= 0.3 is 0 Å². The van der Waals surface area contributed by atoms with Crippen LogP contribution >= 0.6 is 11.8 Å². The Hall–Kier alpha value is -3.56. The molecule has 3 fully saturated rings. The number of aliphatic hydroxyl groups is 1. The van der Waals surface area contributed by atoms with Gasteiger partial charge in [-0.3, -0.25) is 14.4 Å². The van der Waals surface area contributed by atoms with Crippen LogP contribution in [0.4, 0.5) is 5.69 Å². The second-order valence-electron chi connectivity index (χ2n) is 13.2. The van der Waals surface area contributed by atoms with Crippen LogP contribution in [0.2, 0.25) is 0 Å². The fourth-order valence-electron chi connectivity index (χ4n) is 8.25. The second kappa shape index (κ2) is 14.3.